The number of likely N-dealkylation sites (tertiary alicyclic amines) is 1. The van der Waals surface area contributed by atoms with Crippen molar-refractivity contribution in [1.82, 2.24) is 19.2 Å². The Hall–Kier alpha value is -2.57. The van der Waals surface area contributed by atoms with Crippen LogP contribution in [0.1, 0.15) is 23.3 Å². The number of hydrogen-bond donors (Lipinski definition) is 0. The van der Waals surface area contributed by atoms with Crippen LogP contribution in [0.3, 0.4) is 0 Å². The first-order valence-corrected chi connectivity index (χ1v) is 8.17. The summed E-state index contributed by atoms with van der Waals surface area (Å²) >= 11 is 0. The highest BCUT2D eigenvalue weighted by atomic mass is 16.2. The van der Waals surface area contributed by atoms with Crippen LogP contribution in [0.15, 0.2) is 30.7 Å². The largest absolute Gasteiger partial charge is 0.347 e. The van der Waals surface area contributed by atoms with E-state index in [0.717, 1.165) is 12.1 Å². The predicted molar refractivity (Wildman–Crippen MR) is 88.5 cm³/mol. The number of anilines is 1. The molecule has 2 saturated heterocycles. The highest BCUT2D eigenvalue weighted by Gasteiger charge is 2.49. The molecule has 0 aliphatic carbocycles. The quantitative estimate of drug-likeness (QED) is 0.827. The smallest absolute Gasteiger partial charge is 0.270 e. The number of aromatic nitrogens is 3. The van der Waals surface area contributed by atoms with Gasteiger partial charge in [0.1, 0.15) is 5.69 Å². The molecule has 0 radical (unpaired) electrons. The van der Waals surface area contributed by atoms with E-state index in [-0.39, 0.29) is 17.2 Å². The number of carbonyl (C=O) groups is 2. The molecule has 2 amide bonds. The van der Waals surface area contributed by atoms with E-state index >= 15 is 0 Å². The molecule has 4 heterocycles. The Balaban J connectivity index is 1.51. The molecule has 2 aromatic rings. The average molecular weight is 327 g/mol. The molecule has 4 rings (SSSR count). The number of nitrogens with zero attached hydrogens (tertiary/aromatic N) is 5. The standard InChI is InChI=1S/C17H21N5O2/c1-19-6-3-4-14(19)16(24)21-7-5-17(11-21)8-15(23)22(12-17)13-9-18-20(2)10-13/h3-4,6,9-10H,5,7-8,11-12H2,1-2H3/t17-/m1/s1. The van der Waals surface area contributed by atoms with Crippen LogP contribution < -0.4 is 4.90 Å². The molecule has 0 saturated carbocycles. The first-order chi connectivity index (χ1) is 11.5. The fraction of sp³-hybridized carbons (Fsp3) is 0.471. The number of carbonyl (C=O) groups excluding carboxylic acids is 2. The highest BCUT2D eigenvalue weighted by molar-refractivity contribution is 5.97. The summed E-state index contributed by atoms with van der Waals surface area (Å²) in [6.45, 7) is 2.01. The van der Waals surface area contributed by atoms with E-state index in [1.54, 1.807) is 10.9 Å². The SMILES string of the molecule is Cn1cc(N2C[C@]3(CCN(C(=O)c4cccn4C)C3)CC2=O)cn1. The molecule has 2 aliphatic rings. The van der Waals surface area contributed by atoms with Gasteiger partial charge in [0, 0.05) is 58.0 Å². The Morgan fingerprint density at radius 2 is 2.12 bits per heavy atom. The van der Waals surface area contributed by atoms with Gasteiger partial charge >= 0.3 is 0 Å². The molecular weight excluding hydrogens is 306 g/mol. The first-order valence-electron chi connectivity index (χ1n) is 8.17. The van der Waals surface area contributed by atoms with E-state index in [4.69, 9.17) is 0 Å². The van der Waals surface area contributed by atoms with Gasteiger partial charge in [0.2, 0.25) is 5.91 Å². The van der Waals surface area contributed by atoms with Crippen LogP contribution in [-0.2, 0) is 18.9 Å². The van der Waals surface area contributed by atoms with Crippen molar-refractivity contribution in [2.45, 2.75) is 12.8 Å². The number of amides is 2. The lowest BCUT2D eigenvalue weighted by Crippen LogP contribution is -2.34. The van der Waals surface area contributed by atoms with Crippen molar-refractivity contribution in [1.29, 1.82) is 0 Å². The molecule has 0 bridgehead atoms. The zero-order valence-corrected chi connectivity index (χ0v) is 14.0. The third-order valence-electron chi connectivity index (χ3n) is 5.21. The molecule has 7 heteroatoms. The second-order valence-electron chi connectivity index (χ2n) is 7.01. The summed E-state index contributed by atoms with van der Waals surface area (Å²) in [5.74, 6) is 0.169. The minimum atomic E-state index is -0.131. The first kappa shape index (κ1) is 15.0. The van der Waals surface area contributed by atoms with Crippen molar-refractivity contribution in [2.24, 2.45) is 19.5 Å². The van der Waals surface area contributed by atoms with Crippen LogP contribution in [0.5, 0.6) is 0 Å². The van der Waals surface area contributed by atoms with Crippen LogP contribution in [0.4, 0.5) is 5.69 Å². The van der Waals surface area contributed by atoms with E-state index in [2.05, 4.69) is 5.10 Å². The third-order valence-corrected chi connectivity index (χ3v) is 5.21. The molecule has 2 aliphatic heterocycles. The second kappa shape index (κ2) is 5.22. The van der Waals surface area contributed by atoms with E-state index in [0.29, 0.717) is 31.7 Å². The van der Waals surface area contributed by atoms with Gasteiger partial charge in [-0.2, -0.15) is 5.10 Å². The molecule has 24 heavy (non-hydrogen) atoms. The fourth-order valence-corrected chi connectivity index (χ4v) is 3.91. The van der Waals surface area contributed by atoms with Gasteiger partial charge in [0.15, 0.2) is 0 Å². The van der Waals surface area contributed by atoms with Gasteiger partial charge in [0.05, 0.1) is 11.9 Å². The molecule has 1 atom stereocenters. The zero-order chi connectivity index (χ0) is 16.9. The second-order valence-corrected chi connectivity index (χ2v) is 7.01. The van der Waals surface area contributed by atoms with Crippen LogP contribution in [0, 0.1) is 5.41 Å². The van der Waals surface area contributed by atoms with E-state index in [9.17, 15) is 9.59 Å². The number of rotatable bonds is 2. The summed E-state index contributed by atoms with van der Waals surface area (Å²) in [6, 6.07) is 3.72. The number of aryl methyl sites for hydroxylation is 2. The van der Waals surface area contributed by atoms with E-state index in [1.807, 2.05) is 53.0 Å². The van der Waals surface area contributed by atoms with Gasteiger partial charge in [0.25, 0.3) is 5.91 Å². The molecule has 0 N–H and O–H groups in total. The summed E-state index contributed by atoms with van der Waals surface area (Å²) in [6.07, 6.45) is 6.82. The van der Waals surface area contributed by atoms with Crippen molar-refractivity contribution < 1.29 is 9.59 Å². The third kappa shape index (κ3) is 2.31. The van der Waals surface area contributed by atoms with Crippen LogP contribution in [-0.4, -0.2) is 50.7 Å². The molecule has 7 nitrogen and oxygen atoms in total. The van der Waals surface area contributed by atoms with Crippen molar-refractivity contribution in [3.8, 4) is 0 Å². The maximum absolute atomic E-state index is 12.7. The summed E-state index contributed by atoms with van der Waals surface area (Å²) in [4.78, 5) is 28.9. The molecule has 0 aromatic carbocycles. The van der Waals surface area contributed by atoms with E-state index < -0.39 is 0 Å². The van der Waals surface area contributed by atoms with Crippen LogP contribution >= 0.6 is 0 Å². The van der Waals surface area contributed by atoms with Gasteiger partial charge in [-0.05, 0) is 18.6 Å². The topological polar surface area (TPSA) is 63.4 Å². The van der Waals surface area contributed by atoms with Crippen molar-refractivity contribution >= 4 is 17.5 Å². The Morgan fingerprint density at radius 3 is 2.79 bits per heavy atom. The summed E-state index contributed by atoms with van der Waals surface area (Å²) in [5.41, 5.74) is 1.40. The molecule has 2 fully saturated rings. The highest BCUT2D eigenvalue weighted by Crippen LogP contribution is 2.42. The van der Waals surface area contributed by atoms with Crippen LogP contribution in [0.25, 0.3) is 0 Å². The monoisotopic (exact) mass is 327 g/mol. The van der Waals surface area contributed by atoms with Crippen molar-refractivity contribution in [3.63, 3.8) is 0 Å². The Morgan fingerprint density at radius 1 is 1.29 bits per heavy atom. The fourth-order valence-electron chi connectivity index (χ4n) is 3.91. The van der Waals surface area contributed by atoms with Gasteiger partial charge in [-0.1, -0.05) is 0 Å². The molecule has 2 aromatic heterocycles. The average Bonchev–Trinajstić information content (AvgIpc) is 3.29. The van der Waals surface area contributed by atoms with Gasteiger partial charge in [-0.15, -0.1) is 0 Å². The lowest BCUT2D eigenvalue weighted by atomic mass is 9.86. The molecule has 0 unspecified atom stereocenters. The minimum absolute atomic E-state index is 0.0478. The number of hydrogen-bond acceptors (Lipinski definition) is 3. The maximum atomic E-state index is 12.7. The lowest BCUT2D eigenvalue weighted by molar-refractivity contribution is -0.117. The predicted octanol–water partition coefficient (Wildman–Crippen LogP) is 1.03. The zero-order valence-electron chi connectivity index (χ0n) is 14.0. The van der Waals surface area contributed by atoms with Crippen molar-refractivity contribution in [3.05, 3.63) is 36.4 Å². The summed E-state index contributed by atoms with van der Waals surface area (Å²) in [5, 5.41) is 4.15. The normalized spacial score (nSPS) is 23.7. The molecule has 126 valence electrons. The Kier molecular flexibility index (Phi) is 3.26. The molecular formula is C17H21N5O2. The van der Waals surface area contributed by atoms with Gasteiger partial charge < -0.3 is 14.4 Å². The summed E-state index contributed by atoms with van der Waals surface area (Å²) in [7, 11) is 3.72. The van der Waals surface area contributed by atoms with Crippen molar-refractivity contribution in [2.75, 3.05) is 24.5 Å². The molecule has 1 spiro atoms. The Labute approximate surface area is 140 Å². The van der Waals surface area contributed by atoms with Gasteiger partial charge in [-0.3, -0.25) is 14.3 Å². The maximum Gasteiger partial charge on any atom is 0.270 e. The minimum Gasteiger partial charge on any atom is -0.347 e. The van der Waals surface area contributed by atoms with Crippen LogP contribution in [0.2, 0.25) is 0 Å². The van der Waals surface area contributed by atoms with Gasteiger partial charge in [-0.25, -0.2) is 0 Å². The lowest BCUT2D eigenvalue weighted by Gasteiger charge is -2.23. The van der Waals surface area contributed by atoms with E-state index in [1.165, 1.54) is 0 Å². The Bertz CT molecular complexity index is 808. The summed E-state index contributed by atoms with van der Waals surface area (Å²) < 4.78 is 3.54.